The average Bonchev–Trinajstić information content (AvgIpc) is 2.76. The summed E-state index contributed by atoms with van der Waals surface area (Å²) in [5, 5.41) is 9.74. The Morgan fingerprint density at radius 1 is 1.45 bits per heavy atom. The molecule has 0 spiro atoms. The van der Waals surface area contributed by atoms with Gasteiger partial charge in [-0.3, -0.25) is 14.3 Å². The molecule has 1 fully saturated rings. The normalized spacial score (nSPS) is 30.3. The summed E-state index contributed by atoms with van der Waals surface area (Å²) >= 11 is 0. The molecule has 5 unspecified atom stereocenters. The molecule has 0 radical (unpaired) electrons. The molecule has 122 valence electrons. The van der Waals surface area contributed by atoms with E-state index in [1.54, 1.807) is 0 Å². The van der Waals surface area contributed by atoms with Gasteiger partial charge in [0.2, 0.25) is 0 Å². The maximum Gasteiger partial charge on any atom is 0.695 e. The minimum absolute atomic E-state index is 0.577. The molecule has 1 aromatic heterocycles. The van der Waals surface area contributed by atoms with Crippen molar-refractivity contribution in [3.8, 4) is 0 Å². The van der Waals surface area contributed by atoms with Crippen molar-refractivity contribution < 1.29 is 28.6 Å². The van der Waals surface area contributed by atoms with Gasteiger partial charge in [0.25, 0.3) is 5.56 Å². The first-order valence-corrected chi connectivity index (χ1v) is 7.49. The number of ether oxygens (including phenoxy) is 2. The van der Waals surface area contributed by atoms with Crippen molar-refractivity contribution in [2.24, 2.45) is 0 Å². The zero-order valence-electron chi connectivity index (χ0n) is 11.8. The van der Waals surface area contributed by atoms with Gasteiger partial charge in [0, 0.05) is 23.9 Å². The third kappa shape index (κ3) is 3.32. The molecule has 22 heavy (non-hydrogen) atoms. The summed E-state index contributed by atoms with van der Waals surface area (Å²) in [4.78, 5) is 34.0. The summed E-state index contributed by atoms with van der Waals surface area (Å²) in [5.74, 6) is 0. The van der Waals surface area contributed by atoms with E-state index in [4.69, 9.17) is 18.9 Å². The first kappa shape index (κ1) is 16.9. The van der Waals surface area contributed by atoms with Crippen LogP contribution >= 0.6 is 8.25 Å². The molecule has 0 bridgehead atoms. The molecular formula is C11H16N2O8P+. The molecule has 1 aliphatic rings. The zero-order valence-corrected chi connectivity index (χ0v) is 12.7. The van der Waals surface area contributed by atoms with Crippen LogP contribution in [0.5, 0.6) is 0 Å². The van der Waals surface area contributed by atoms with Crippen LogP contribution in [0.3, 0.4) is 0 Å². The van der Waals surface area contributed by atoms with Gasteiger partial charge in [0.05, 0.1) is 6.10 Å². The lowest BCUT2D eigenvalue weighted by atomic mass is 10.1. The molecule has 2 heterocycles. The predicted octanol–water partition coefficient (Wildman–Crippen LogP) is -1.14. The number of aliphatic hydroxyl groups excluding tert-OH is 1. The van der Waals surface area contributed by atoms with E-state index in [-0.39, 0.29) is 0 Å². The van der Waals surface area contributed by atoms with Crippen molar-refractivity contribution in [3.63, 3.8) is 0 Å². The number of aliphatic hydroxyl groups is 1. The number of rotatable bonds is 5. The average molecular weight is 335 g/mol. The second-order valence-electron chi connectivity index (χ2n) is 4.76. The summed E-state index contributed by atoms with van der Waals surface area (Å²) in [6, 6.07) is 1.12. The van der Waals surface area contributed by atoms with Crippen molar-refractivity contribution in [3.05, 3.63) is 33.1 Å². The second-order valence-corrected chi connectivity index (χ2v) is 5.44. The highest BCUT2D eigenvalue weighted by atomic mass is 31.1. The van der Waals surface area contributed by atoms with Crippen molar-refractivity contribution in [2.45, 2.75) is 37.6 Å². The van der Waals surface area contributed by atoms with Gasteiger partial charge in [-0.25, -0.2) is 4.79 Å². The smallest absolute Gasteiger partial charge is 0.391 e. The molecule has 3 N–H and O–H groups in total. The topological polar surface area (TPSA) is 140 Å². The fraction of sp³-hybridized carbons (Fsp3) is 0.636. The lowest BCUT2D eigenvalue weighted by molar-refractivity contribution is -0.0817. The molecule has 6 atom stereocenters. The molecule has 10 nitrogen and oxygen atoms in total. The molecule has 1 saturated heterocycles. The van der Waals surface area contributed by atoms with Gasteiger partial charge in [-0.05, 0) is 6.92 Å². The number of hydrogen-bond acceptors (Lipinski definition) is 7. The van der Waals surface area contributed by atoms with Crippen LogP contribution < -0.4 is 11.2 Å². The fourth-order valence-electron chi connectivity index (χ4n) is 2.38. The number of nitrogens with one attached hydrogen (secondary N) is 1. The SMILES string of the molecule is COC1C(O[P+](=O)O)C([C@H](C)O)OC1n1ccc(=O)[nH]c1=O. The number of H-pyrrole nitrogens is 1. The quantitative estimate of drug-likeness (QED) is 0.574. The van der Waals surface area contributed by atoms with Crippen LogP contribution in [0, 0.1) is 0 Å². The first-order chi connectivity index (χ1) is 10.3. The lowest BCUT2D eigenvalue weighted by Crippen LogP contribution is -2.40. The lowest BCUT2D eigenvalue weighted by Gasteiger charge is -2.19. The molecule has 0 aromatic carbocycles. The van der Waals surface area contributed by atoms with E-state index in [2.05, 4.69) is 4.98 Å². The van der Waals surface area contributed by atoms with E-state index in [9.17, 15) is 19.3 Å². The minimum Gasteiger partial charge on any atom is -0.391 e. The molecule has 0 aliphatic carbocycles. The standard InChI is InChI=1S/C11H15N2O8P/c1-5(14)7-8(21-22(17)18)9(19-2)10(20-7)13-4-3-6(15)12-11(13)16/h3-5,7-10,14H,1-2H3,(H-,12,15,16,17,18)/p+1/t5-,7?,8?,9?,10?/m0/s1. The highest BCUT2D eigenvalue weighted by Crippen LogP contribution is 2.37. The van der Waals surface area contributed by atoms with Gasteiger partial charge in [-0.2, -0.15) is 0 Å². The Bertz CT molecular complexity index is 656. The number of nitrogens with zero attached hydrogens (tertiary/aromatic N) is 1. The van der Waals surface area contributed by atoms with Crippen LogP contribution in [0.2, 0.25) is 0 Å². The van der Waals surface area contributed by atoms with E-state index >= 15 is 0 Å². The van der Waals surface area contributed by atoms with Crippen LogP contribution in [-0.2, 0) is 18.6 Å². The van der Waals surface area contributed by atoms with Crippen LogP contribution in [0.25, 0.3) is 0 Å². The molecule has 1 aliphatic heterocycles. The van der Waals surface area contributed by atoms with Crippen molar-refractivity contribution in [1.29, 1.82) is 0 Å². The summed E-state index contributed by atoms with van der Waals surface area (Å²) in [5.41, 5.74) is -1.32. The number of hydrogen-bond donors (Lipinski definition) is 3. The van der Waals surface area contributed by atoms with Gasteiger partial charge in [-0.15, -0.1) is 9.42 Å². The zero-order chi connectivity index (χ0) is 16.4. The van der Waals surface area contributed by atoms with Gasteiger partial charge in [0.1, 0.15) is 12.2 Å². The fourth-order valence-corrected chi connectivity index (χ4v) is 2.83. The predicted molar refractivity (Wildman–Crippen MR) is 72.4 cm³/mol. The molecular weight excluding hydrogens is 319 g/mol. The van der Waals surface area contributed by atoms with Crippen LogP contribution in [0.4, 0.5) is 0 Å². The Kier molecular flexibility index (Phi) is 5.22. The molecule has 0 amide bonds. The highest BCUT2D eigenvalue weighted by Gasteiger charge is 2.52. The number of aromatic nitrogens is 2. The van der Waals surface area contributed by atoms with Crippen LogP contribution in [0.1, 0.15) is 13.2 Å². The van der Waals surface area contributed by atoms with E-state index in [1.807, 2.05) is 0 Å². The van der Waals surface area contributed by atoms with E-state index in [1.165, 1.54) is 20.2 Å². The molecule has 2 rings (SSSR count). The highest BCUT2D eigenvalue weighted by molar-refractivity contribution is 7.32. The summed E-state index contributed by atoms with van der Waals surface area (Å²) in [6.45, 7) is 1.41. The van der Waals surface area contributed by atoms with Crippen molar-refractivity contribution in [2.75, 3.05) is 7.11 Å². The monoisotopic (exact) mass is 335 g/mol. The van der Waals surface area contributed by atoms with Crippen molar-refractivity contribution in [1.82, 2.24) is 9.55 Å². The Hall–Kier alpha value is -1.42. The Morgan fingerprint density at radius 2 is 2.14 bits per heavy atom. The Labute approximate surface area is 125 Å². The largest absolute Gasteiger partial charge is 0.695 e. The Balaban J connectivity index is 2.41. The third-order valence-corrected chi connectivity index (χ3v) is 3.73. The second kappa shape index (κ2) is 6.78. The van der Waals surface area contributed by atoms with Crippen LogP contribution in [-0.4, -0.2) is 51.1 Å². The van der Waals surface area contributed by atoms with Gasteiger partial charge in [0.15, 0.2) is 12.3 Å². The Morgan fingerprint density at radius 3 is 2.64 bits per heavy atom. The van der Waals surface area contributed by atoms with Gasteiger partial charge < -0.3 is 14.6 Å². The number of aromatic amines is 1. The first-order valence-electron chi connectivity index (χ1n) is 6.36. The number of methoxy groups -OCH3 is 1. The van der Waals surface area contributed by atoms with E-state index < -0.39 is 50.1 Å². The van der Waals surface area contributed by atoms with Crippen molar-refractivity contribution >= 4 is 8.25 Å². The summed E-state index contributed by atoms with van der Waals surface area (Å²) in [7, 11) is -1.65. The van der Waals surface area contributed by atoms with E-state index in [0.717, 1.165) is 10.6 Å². The van der Waals surface area contributed by atoms with Gasteiger partial charge >= 0.3 is 13.9 Å². The molecule has 11 heteroatoms. The van der Waals surface area contributed by atoms with Gasteiger partial charge in [-0.1, -0.05) is 0 Å². The maximum absolute atomic E-state index is 11.9. The minimum atomic E-state index is -2.96. The third-order valence-electron chi connectivity index (χ3n) is 3.31. The van der Waals surface area contributed by atoms with E-state index in [0.29, 0.717) is 0 Å². The molecule has 1 aromatic rings. The summed E-state index contributed by atoms with van der Waals surface area (Å²) in [6.07, 6.45) is -3.86. The maximum atomic E-state index is 11.9. The van der Waals surface area contributed by atoms with Crippen LogP contribution in [0.15, 0.2) is 21.9 Å². The summed E-state index contributed by atoms with van der Waals surface area (Å²) < 4.78 is 27.6. The molecule has 0 saturated carbocycles.